The molecule has 0 unspecified atom stereocenters. The first-order valence-electron chi connectivity index (χ1n) is 8.77. The molecule has 0 aromatic heterocycles. The van der Waals surface area contributed by atoms with Crippen LogP contribution in [0.2, 0.25) is 6.82 Å². The normalized spacial score (nSPS) is 14.7. The van der Waals surface area contributed by atoms with Crippen LogP contribution in [0.25, 0.3) is 11.1 Å². The fourth-order valence-corrected chi connectivity index (χ4v) is 7.12. The van der Waals surface area contributed by atoms with Crippen molar-refractivity contribution in [2.75, 3.05) is 0 Å². The van der Waals surface area contributed by atoms with E-state index < -0.39 is 0 Å². The summed E-state index contributed by atoms with van der Waals surface area (Å²) < 4.78 is 1.66. The van der Waals surface area contributed by atoms with Gasteiger partial charge >= 0.3 is 160 Å². The molecule has 2 aromatic rings. The summed E-state index contributed by atoms with van der Waals surface area (Å²) in [4.78, 5) is 0. The van der Waals surface area contributed by atoms with Crippen molar-refractivity contribution >= 4 is 42.4 Å². The van der Waals surface area contributed by atoms with Gasteiger partial charge in [0.15, 0.2) is 0 Å². The molecule has 117 valence electrons. The molecule has 2 aliphatic heterocycles. The van der Waals surface area contributed by atoms with Crippen LogP contribution in [-0.4, -0.2) is 26.0 Å². The average molecular weight is 420 g/mol. The number of hydrogen-bond donors (Lipinski definition) is 0. The Balaban J connectivity index is 2.24. The first-order valence-corrected chi connectivity index (χ1v) is 11.1. The predicted molar refractivity (Wildman–Crippen MR) is 107 cm³/mol. The molecule has 0 nitrogen and oxygen atoms in total. The van der Waals surface area contributed by atoms with Gasteiger partial charge in [0.25, 0.3) is 0 Å². The van der Waals surface area contributed by atoms with Gasteiger partial charge in [-0.05, 0) is 0 Å². The molecule has 0 aliphatic carbocycles. The van der Waals surface area contributed by atoms with Crippen LogP contribution >= 0.6 is 0 Å². The Labute approximate surface area is 159 Å². The first-order chi connectivity index (χ1) is 11.3. The molecule has 0 saturated carbocycles. The summed E-state index contributed by atoms with van der Waals surface area (Å²) in [6.07, 6.45) is 0. The van der Waals surface area contributed by atoms with Gasteiger partial charge in [-0.1, -0.05) is 0 Å². The Kier molecular flexibility index (Phi) is 4.02. The van der Waals surface area contributed by atoms with Gasteiger partial charge in [0.2, 0.25) is 0 Å². The summed E-state index contributed by atoms with van der Waals surface area (Å²) in [5.74, 6) is 0. The van der Waals surface area contributed by atoms with Gasteiger partial charge in [-0.15, -0.1) is 0 Å². The SMILES string of the molecule is CB1[B]c2c(C)c(C)c(C)c3c2-c2c(c(C)c(C)c(C)c21)[I-][B][B]3. The van der Waals surface area contributed by atoms with Crippen LogP contribution in [0.1, 0.15) is 33.4 Å². The molecule has 0 saturated heterocycles. The number of halogens is 1. The Bertz CT molecular complexity index is 898. The molecule has 2 heterocycles. The van der Waals surface area contributed by atoms with E-state index in [1.807, 2.05) is 0 Å². The van der Waals surface area contributed by atoms with Crippen molar-refractivity contribution in [3.8, 4) is 11.1 Å². The minimum absolute atomic E-state index is 0.0742. The first kappa shape index (κ1) is 16.9. The zero-order valence-electron chi connectivity index (χ0n) is 15.7. The molecule has 0 amide bonds. The van der Waals surface area contributed by atoms with E-state index in [4.69, 9.17) is 0 Å². The predicted octanol–water partition coefficient (Wildman–Crippen LogP) is -1.49. The molecule has 0 spiro atoms. The van der Waals surface area contributed by atoms with Gasteiger partial charge in [0.05, 0.1) is 0 Å². The van der Waals surface area contributed by atoms with Crippen LogP contribution < -0.4 is 37.4 Å². The standard InChI is InChI=1S/C19H21B4I/c1-8-10(3)16-14-15-18(23(7)21-17(14)11(8)4)12(5)9(2)13(6)19(15)24-22-20-16/h1-7H3/q-1. The van der Waals surface area contributed by atoms with Crippen molar-refractivity contribution in [1.82, 2.24) is 0 Å². The van der Waals surface area contributed by atoms with E-state index in [-0.39, 0.29) is 21.0 Å². The van der Waals surface area contributed by atoms with E-state index in [0.29, 0.717) is 6.60 Å². The van der Waals surface area contributed by atoms with Crippen LogP contribution in [0.4, 0.5) is 0 Å². The second kappa shape index (κ2) is 5.72. The fraction of sp³-hybridized carbons (Fsp3) is 0.368. The maximum atomic E-state index is 2.52. The van der Waals surface area contributed by atoms with E-state index in [0.717, 1.165) is 0 Å². The Morgan fingerprint density at radius 3 is 2.04 bits per heavy atom. The number of benzene rings is 2. The summed E-state index contributed by atoms with van der Waals surface area (Å²) in [5.41, 5.74) is 16.6. The number of hydrogen-bond acceptors (Lipinski definition) is 0. The molecule has 0 bridgehead atoms. The molecule has 0 N–H and O–H groups in total. The van der Waals surface area contributed by atoms with Gasteiger partial charge in [0, 0.05) is 0 Å². The van der Waals surface area contributed by atoms with Crippen LogP contribution in [-0.2, 0) is 0 Å². The van der Waals surface area contributed by atoms with Crippen molar-refractivity contribution in [1.29, 1.82) is 0 Å². The van der Waals surface area contributed by atoms with Crippen LogP contribution in [0.3, 0.4) is 0 Å². The third-order valence-electron chi connectivity index (χ3n) is 6.34. The van der Waals surface area contributed by atoms with Gasteiger partial charge in [-0.25, -0.2) is 0 Å². The van der Waals surface area contributed by atoms with Crippen LogP contribution in [0.5, 0.6) is 0 Å². The Morgan fingerprint density at radius 1 is 0.708 bits per heavy atom. The van der Waals surface area contributed by atoms with Gasteiger partial charge in [-0.2, -0.15) is 0 Å². The summed E-state index contributed by atoms with van der Waals surface area (Å²) in [7, 11) is 4.94. The molecule has 2 aliphatic rings. The minimum atomic E-state index is -0.0742. The summed E-state index contributed by atoms with van der Waals surface area (Å²) in [6, 6.07) is 0. The van der Waals surface area contributed by atoms with Crippen molar-refractivity contribution in [2.24, 2.45) is 0 Å². The Morgan fingerprint density at radius 2 is 1.33 bits per heavy atom. The van der Waals surface area contributed by atoms with E-state index in [1.54, 1.807) is 14.6 Å². The summed E-state index contributed by atoms with van der Waals surface area (Å²) in [6.45, 7) is 16.8. The third-order valence-corrected chi connectivity index (χ3v) is 9.03. The quantitative estimate of drug-likeness (QED) is 0.361. The van der Waals surface area contributed by atoms with E-state index in [1.165, 1.54) is 49.9 Å². The van der Waals surface area contributed by atoms with E-state index >= 15 is 0 Å². The molecule has 5 heteroatoms. The van der Waals surface area contributed by atoms with E-state index in [9.17, 15) is 0 Å². The maximum absolute atomic E-state index is 2.52. The van der Waals surface area contributed by atoms with Crippen molar-refractivity contribution < 1.29 is 21.0 Å². The van der Waals surface area contributed by atoms with Crippen LogP contribution in [0, 0.1) is 45.1 Å². The van der Waals surface area contributed by atoms with Crippen molar-refractivity contribution in [2.45, 2.75) is 48.4 Å². The molecule has 2 aromatic carbocycles. The van der Waals surface area contributed by atoms with Crippen molar-refractivity contribution in [3.63, 3.8) is 0 Å². The Hall–Kier alpha value is -0.570. The monoisotopic (exact) mass is 420 g/mol. The molecule has 0 fully saturated rings. The second-order valence-corrected chi connectivity index (χ2v) is 9.83. The zero-order chi connectivity index (χ0) is 17.3. The third kappa shape index (κ3) is 2.09. The fourth-order valence-electron chi connectivity index (χ4n) is 4.47. The van der Waals surface area contributed by atoms with Gasteiger partial charge in [0.1, 0.15) is 0 Å². The van der Waals surface area contributed by atoms with E-state index in [2.05, 4.69) is 67.7 Å². The second-order valence-electron chi connectivity index (χ2n) is 7.41. The number of rotatable bonds is 0. The van der Waals surface area contributed by atoms with Crippen LogP contribution in [0.15, 0.2) is 0 Å². The molecular weight excluding hydrogens is 398 g/mol. The molecule has 0 atom stereocenters. The molecule has 3 radical (unpaired) electrons. The summed E-state index contributed by atoms with van der Waals surface area (Å²) in [5, 5.41) is 2.48. The average Bonchev–Trinajstić information content (AvgIpc) is 2.75. The van der Waals surface area contributed by atoms with Gasteiger partial charge in [-0.3, -0.25) is 0 Å². The molecule has 24 heavy (non-hydrogen) atoms. The molecule has 4 rings (SSSR count). The zero-order valence-corrected chi connectivity index (χ0v) is 17.8. The topological polar surface area (TPSA) is 0 Å². The van der Waals surface area contributed by atoms with Crippen molar-refractivity contribution in [3.05, 3.63) is 37.0 Å². The summed E-state index contributed by atoms with van der Waals surface area (Å²) >= 11 is -0.0742. The van der Waals surface area contributed by atoms with Gasteiger partial charge < -0.3 is 0 Å². The molecular formula is C19H21B4I-.